The fourth-order valence-corrected chi connectivity index (χ4v) is 2.57. The van der Waals surface area contributed by atoms with Crippen molar-refractivity contribution in [2.45, 2.75) is 12.8 Å². The van der Waals surface area contributed by atoms with Crippen LogP contribution in [0.2, 0.25) is 0 Å². The van der Waals surface area contributed by atoms with E-state index in [4.69, 9.17) is 0 Å². The van der Waals surface area contributed by atoms with Gasteiger partial charge in [-0.3, -0.25) is 9.38 Å². The Labute approximate surface area is 111 Å². The molecule has 2 heterocycles. The third-order valence-corrected chi connectivity index (χ3v) is 3.60. The second-order valence-corrected chi connectivity index (χ2v) is 4.79. The van der Waals surface area contributed by atoms with E-state index in [0.29, 0.717) is 0 Å². The Morgan fingerprint density at radius 2 is 1.68 bits per heavy atom. The van der Waals surface area contributed by atoms with Crippen molar-refractivity contribution in [3.05, 3.63) is 66.4 Å². The molecule has 0 aliphatic heterocycles. The van der Waals surface area contributed by atoms with Gasteiger partial charge in [-0.2, -0.15) is 0 Å². The van der Waals surface area contributed by atoms with Crippen LogP contribution in [-0.4, -0.2) is 14.4 Å². The predicted octanol–water partition coefficient (Wildman–Crippen LogP) is 3.42. The van der Waals surface area contributed by atoms with E-state index >= 15 is 0 Å². The highest BCUT2D eigenvalue weighted by Gasteiger charge is 2.12. The topological polar surface area (TPSA) is 30.2 Å². The van der Waals surface area contributed by atoms with E-state index in [1.165, 1.54) is 11.1 Å². The highest BCUT2D eigenvalue weighted by Crippen LogP contribution is 2.26. The van der Waals surface area contributed by atoms with Gasteiger partial charge in [0.15, 0.2) is 5.65 Å². The van der Waals surface area contributed by atoms with Crippen LogP contribution in [-0.2, 0) is 0 Å². The van der Waals surface area contributed by atoms with Gasteiger partial charge < -0.3 is 0 Å². The summed E-state index contributed by atoms with van der Waals surface area (Å²) >= 11 is 0. The maximum Gasteiger partial charge on any atom is 0.155 e. The van der Waals surface area contributed by atoms with Crippen LogP contribution < -0.4 is 0 Å². The fourth-order valence-electron chi connectivity index (χ4n) is 2.57. The quantitative estimate of drug-likeness (QED) is 0.814. The van der Waals surface area contributed by atoms with Crippen LogP contribution in [0, 0.1) is 0 Å². The molecule has 0 N–H and O–H groups in total. The molecular formula is C16H13N3. The minimum atomic E-state index is 0.901. The van der Waals surface area contributed by atoms with Crippen molar-refractivity contribution in [1.82, 2.24) is 14.4 Å². The molecule has 92 valence electrons. The van der Waals surface area contributed by atoms with Gasteiger partial charge in [0.05, 0.1) is 23.8 Å². The number of aromatic nitrogens is 3. The van der Waals surface area contributed by atoms with E-state index in [1.807, 2.05) is 12.4 Å². The van der Waals surface area contributed by atoms with Crippen LogP contribution in [0.5, 0.6) is 0 Å². The lowest BCUT2D eigenvalue weighted by Crippen LogP contribution is -1.96. The molecule has 2 aliphatic rings. The lowest BCUT2D eigenvalue weighted by molar-refractivity contribution is 1.08. The number of imidazole rings is 1. The molecular weight excluding hydrogens is 234 g/mol. The molecule has 3 nitrogen and oxygen atoms in total. The molecule has 0 bridgehead atoms. The van der Waals surface area contributed by atoms with Gasteiger partial charge >= 0.3 is 0 Å². The normalized spacial score (nSPS) is 17.3. The SMILES string of the molecule is C1=CCC(c2cn3c(C4=CC=CC4)cnc3cn2)=C1. The summed E-state index contributed by atoms with van der Waals surface area (Å²) in [5.41, 5.74) is 5.67. The van der Waals surface area contributed by atoms with E-state index in [9.17, 15) is 0 Å². The van der Waals surface area contributed by atoms with Gasteiger partial charge in [-0.15, -0.1) is 0 Å². The molecule has 0 spiro atoms. The summed E-state index contributed by atoms with van der Waals surface area (Å²) in [5.74, 6) is 0. The van der Waals surface area contributed by atoms with E-state index in [0.717, 1.165) is 29.9 Å². The molecule has 2 aliphatic carbocycles. The Morgan fingerprint density at radius 3 is 2.42 bits per heavy atom. The van der Waals surface area contributed by atoms with Crippen LogP contribution in [0.4, 0.5) is 0 Å². The number of allylic oxidation sites excluding steroid dienone is 8. The van der Waals surface area contributed by atoms with Crippen molar-refractivity contribution < 1.29 is 0 Å². The summed E-state index contributed by atoms with van der Waals surface area (Å²) in [6, 6.07) is 0. The first-order valence-corrected chi connectivity index (χ1v) is 6.47. The van der Waals surface area contributed by atoms with Crippen LogP contribution in [0.3, 0.4) is 0 Å². The van der Waals surface area contributed by atoms with Gasteiger partial charge in [-0.1, -0.05) is 36.5 Å². The molecule has 0 saturated carbocycles. The Kier molecular flexibility index (Phi) is 2.24. The molecule has 0 aromatic carbocycles. The molecule has 0 unspecified atom stereocenters. The molecule has 0 radical (unpaired) electrons. The zero-order valence-electron chi connectivity index (χ0n) is 10.5. The van der Waals surface area contributed by atoms with Gasteiger partial charge in [0.1, 0.15) is 0 Å². The monoisotopic (exact) mass is 247 g/mol. The summed E-state index contributed by atoms with van der Waals surface area (Å²) in [6.45, 7) is 0. The Bertz CT molecular complexity index is 772. The fraction of sp³-hybridized carbons (Fsp3) is 0.125. The second kappa shape index (κ2) is 4.05. The van der Waals surface area contributed by atoms with E-state index < -0.39 is 0 Å². The standard InChI is InChI=1S/C16H13N3/c1-2-6-12(5-1)14-11-19-15(13-7-3-4-8-13)9-18-16(19)10-17-14/h1-5,7,9-11H,6,8H2. The maximum absolute atomic E-state index is 4.50. The highest BCUT2D eigenvalue weighted by molar-refractivity contribution is 5.72. The molecule has 0 saturated heterocycles. The Balaban J connectivity index is 1.85. The molecule has 2 aromatic heterocycles. The first-order chi connectivity index (χ1) is 9.42. The molecule has 19 heavy (non-hydrogen) atoms. The van der Waals surface area contributed by atoms with E-state index in [2.05, 4.69) is 57.0 Å². The summed E-state index contributed by atoms with van der Waals surface area (Å²) < 4.78 is 2.14. The number of hydrogen-bond donors (Lipinski definition) is 0. The summed E-state index contributed by atoms with van der Waals surface area (Å²) in [5, 5.41) is 0. The Hall–Kier alpha value is -2.42. The van der Waals surface area contributed by atoms with Crippen molar-refractivity contribution in [3.8, 4) is 0 Å². The maximum atomic E-state index is 4.50. The van der Waals surface area contributed by atoms with Crippen LogP contribution in [0.25, 0.3) is 16.8 Å². The van der Waals surface area contributed by atoms with Crippen molar-refractivity contribution in [1.29, 1.82) is 0 Å². The number of nitrogens with zero attached hydrogens (tertiary/aromatic N) is 3. The van der Waals surface area contributed by atoms with Crippen LogP contribution >= 0.6 is 0 Å². The summed E-state index contributed by atoms with van der Waals surface area (Å²) in [4.78, 5) is 8.93. The number of fused-ring (bicyclic) bond motifs is 1. The first-order valence-electron chi connectivity index (χ1n) is 6.47. The molecule has 0 atom stereocenters. The number of rotatable bonds is 2. The van der Waals surface area contributed by atoms with Crippen molar-refractivity contribution in [2.24, 2.45) is 0 Å². The number of hydrogen-bond acceptors (Lipinski definition) is 2. The molecule has 4 rings (SSSR count). The van der Waals surface area contributed by atoms with Gasteiger partial charge in [-0.05, 0) is 24.0 Å². The molecule has 0 fully saturated rings. The average Bonchev–Trinajstić information content (AvgIpc) is 3.18. The van der Waals surface area contributed by atoms with Gasteiger partial charge in [0.25, 0.3) is 0 Å². The van der Waals surface area contributed by atoms with Crippen molar-refractivity contribution >= 4 is 16.8 Å². The first kappa shape index (κ1) is 10.5. The van der Waals surface area contributed by atoms with Crippen LogP contribution in [0.1, 0.15) is 24.2 Å². The zero-order valence-corrected chi connectivity index (χ0v) is 10.5. The second-order valence-electron chi connectivity index (χ2n) is 4.79. The van der Waals surface area contributed by atoms with E-state index in [-0.39, 0.29) is 0 Å². The van der Waals surface area contributed by atoms with Crippen molar-refractivity contribution in [2.75, 3.05) is 0 Å². The van der Waals surface area contributed by atoms with Gasteiger partial charge in [-0.25, -0.2) is 4.98 Å². The lowest BCUT2D eigenvalue weighted by atomic mass is 10.1. The van der Waals surface area contributed by atoms with E-state index in [1.54, 1.807) is 0 Å². The molecule has 3 heteroatoms. The summed E-state index contributed by atoms with van der Waals surface area (Å²) in [7, 11) is 0. The van der Waals surface area contributed by atoms with Gasteiger partial charge in [0, 0.05) is 6.20 Å². The molecule has 0 amide bonds. The Morgan fingerprint density at radius 1 is 0.895 bits per heavy atom. The minimum absolute atomic E-state index is 0.901. The van der Waals surface area contributed by atoms with Crippen LogP contribution in [0.15, 0.2) is 55.0 Å². The summed E-state index contributed by atoms with van der Waals surface area (Å²) in [6.07, 6.45) is 20.6. The zero-order chi connectivity index (χ0) is 12.7. The predicted molar refractivity (Wildman–Crippen MR) is 76.5 cm³/mol. The highest BCUT2D eigenvalue weighted by atomic mass is 15.0. The lowest BCUT2D eigenvalue weighted by Gasteiger charge is -2.05. The molecule has 2 aromatic rings. The third-order valence-electron chi connectivity index (χ3n) is 3.60. The third kappa shape index (κ3) is 1.66. The van der Waals surface area contributed by atoms with Gasteiger partial charge in [0.2, 0.25) is 0 Å². The minimum Gasteiger partial charge on any atom is -0.297 e. The largest absolute Gasteiger partial charge is 0.297 e. The van der Waals surface area contributed by atoms with Crippen molar-refractivity contribution in [3.63, 3.8) is 0 Å². The average molecular weight is 247 g/mol. The smallest absolute Gasteiger partial charge is 0.155 e.